The highest BCUT2D eigenvalue weighted by atomic mass is 79.9. The van der Waals surface area contributed by atoms with E-state index < -0.39 is 0 Å². The van der Waals surface area contributed by atoms with E-state index in [2.05, 4.69) is 37.2 Å². The summed E-state index contributed by atoms with van der Waals surface area (Å²) in [6.45, 7) is 3.55. The van der Waals surface area contributed by atoms with Gasteiger partial charge in [-0.25, -0.2) is 0 Å². The molecule has 7 heteroatoms. The van der Waals surface area contributed by atoms with Crippen molar-refractivity contribution in [3.8, 4) is 11.5 Å². The fraction of sp³-hybridized carbons (Fsp3) is 0.182. The summed E-state index contributed by atoms with van der Waals surface area (Å²) >= 11 is 19.4. The van der Waals surface area contributed by atoms with Crippen molar-refractivity contribution in [2.24, 2.45) is 0 Å². The van der Waals surface area contributed by atoms with Gasteiger partial charge in [0.2, 0.25) is 0 Å². The minimum Gasteiger partial charge on any atom is -0.494 e. The second kappa shape index (κ2) is 10.6. The van der Waals surface area contributed by atoms with Crippen LogP contribution in [0.5, 0.6) is 11.5 Å². The molecule has 3 nitrogen and oxygen atoms in total. The van der Waals surface area contributed by atoms with E-state index in [0.717, 1.165) is 37.3 Å². The number of anilines is 1. The van der Waals surface area contributed by atoms with E-state index in [1.54, 1.807) is 12.1 Å². The summed E-state index contributed by atoms with van der Waals surface area (Å²) in [6, 6.07) is 17.3. The molecule has 0 aliphatic heterocycles. The summed E-state index contributed by atoms with van der Waals surface area (Å²) < 4.78 is 13.4. The third-order valence-corrected chi connectivity index (χ3v) is 5.75. The largest absolute Gasteiger partial charge is 0.494 e. The predicted molar refractivity (Wildman–Crippen MR) is 128 cm³/mol. The first-order valence-corrected chi connectivity index (χ1v) is 11.3. The number of rotatable bonds is 8. The molecular weight excluding hydrogens is 541 g/mol. The number of halogens is 4. The SMILES string of the molecule is CCOc1ccc(NCc2cc(Br)cc(Br)c2OCc2ccc(Cl)cc2Cl)cc1. The molecule has 0 saturated carbocycles. The van der Waals surface area contributed by atoms with Gasteiger partial charge >= 0.3 is 0 Å². The van der Waals surface area contributed by atoms with E-state index in [0.29, 0.717) is 29.8 Å². The Morgan fingerprint density at radius 1 is 0.897 bits per heavy atom. The zero-order chi connectivity index (χ0) is 20.8. The Bertz CT molecular complexity index is 981. The van der Waals surface area contributed by atoms with Crippen molar-refractivity contribution in [2.75, 3.05) is 11.9 Å². The lowest BCUT2D eigenvalue weighted by atomic mass is 10.2. The number of benzene rings is 3. The van der Waals surface area contributed by atoms with E-state index in [-0.39, 0.29) is 0 Å². The normalized spacial score (nSPS) is 10.7. The standard InChI is InChI=1S/C22H19Br2Cl2NO2/c1-2-28-19-7-5-18(6-8-19)27-12-15-9-16(23)10-20(24)22(15)29-13-14-3-4-17(25)11-21(14)26/h3-11,27H,2,12-13H2,1H3. The summed E-state index contributed by atoms with van der Waals surface area (Å²) in [6.07, 6.45) is 0. The van der Waals surface area contributed by atoms with Crippen molar-refractivity contribution >= 4 is 60.7 Å². The molecule has 0 aliphatic carbocycles. The van der Waals surface area contributed by atoms with Crippen molar-refractivity contribution < 1.29 is 9.47 Å². The highest BCUT2D eigenvalue weighted by Gasteiger charge is 2.12. The lowest BCUT2D eigenvalue weighted by molar-refractivity contribution is 0.301. The van der Waals surface area contributed by atoms with Gasteiger partial charge in [-0.15, -0.1) is 0 Å². The molecule has 0 spiro atoms. The van der Waals surface area contributed by atoms with Crippen LogP contribution in [0.4, 0.5) is 5.69 Å². The van der Waals surface area contributed by atoms with Crippen LogP contribution in [0, 0.1) is 0 Å². The molecule has 0 radical (unpaired) electrons. The highest BCUT2D eigenvalue weighted by Crippen LogP contribution is 2.35. The average Bonchev–Trinajstić information content (AvgIpc) is 2.68. The number of hydrogen-bond donors (Lipinski definition) is 1. The number of hydrogen-bond acceptors (Lipinski definition) is 3. The maximum Gasteiger partial charge on any atom is 0.139 e. The maximum atomic E-state index is 6.27. The minimum absolute atomic E-state index is 0.340. The topological polar surface area (TPSA) is 30.5 Å². The summed E-state index contributed by atoms with van der Waals surface area (Å²) in [4.78, 5) is 0. The fourth-order valence-electron chi connectivity index (χ4n) is 2.73. The molecule has 3 aromatic carbocycles. The first-order valence-electron chi connectivity index (χ1n) is 8.97. The van der Waals surface area contributed by atoms with Crippen molar-refractivity contribution in [3.63, 3.8) is 0 Å². The van der Waals surface area contributed by atoms with Gasteiger partial charge in [-0.3, -0.25) is 0 Å². The van der Waals surface area contributed by atoms with Crippen LogP contribution < -0.4 is 14.8 Å². The van der Waals surface area contributed by atoms with Gasteiger partial charge in [0.25, 0.3) is 0 Å². The van der Waals surface area contributed by atoms with Crippen LogP contribution in [0.25, 0.3) is 0 Å². The van der Waals surface area contributed by atoms with Crippen LogP contribution in [0.2, 0.25) is 10.0 Å². The molecule has 0 fully saturated rings. The molecule has 0 bridgehead atoms. The molecule has 29 heavy (non-hydrogen) atoms. The van der Waals surface area contributed by atoms with E-state index >= 15 is 0 Å². The first kappa shape index (κ1) is 22.3. The third-order valence-electron chi connectivity index (χ3n) is 4.12. The van der Waals surface area contributed by atoms with Gasteiger partial charge < -0.3 is 14.8 Å². The van der Waals surface area contributed by atoms with Gasteiger partial charge in [0.05, 0.1) is 11.1 Å². The molecular formula is C22H19Br2Cl2NO2. The summed E-state index contributed by atoms with van der Waals surface area (Å²) in [5.41, 5.74) is 2.87. The highest BCUT2D eigenvalue weighted by molar-refractivity contribution is 9.11. The molecule has 3 rings (SSSR count). The van der Waals surface area contributed by atoms with Gasteiger partial charge in [0.1, 0.15) is 18.1 Å². The molecule has 0 aromatic heterocycles. The Hall–Kier alpha value is -1.40. The summed E-state index contributed by atoms with van der Waals surface area (Å²) in [5, 5.41) is 4.61. The zero-order valence-electron chi connectivity index (χ0n) is 15.6. The Balaban J connectivity index is 1.74. The van der Waals surface area contributed by atoms with Crippen LogP contribution in [0.15, 0.2) is 63.5 Å². The quantitative estimate of drug-likeness (QED) is 0.302. The van der Waals surface area contributed by atoms with Crippen molar-refractivity contribution in [3.05, 3.63) is 84.7 Å². The van der Waals surface area contributed by atoms with Crippen LogP contribution >= 0.6 is 55.1 Å². The Morgan fingerprint density at radius 3 is 2.34 bits per heavy atom. The van der Waals surface area contributed by atoms with E-state index in [1.807, 2.05) is 49.4 Å². The molecule has 0 amide bonds. The third kappa shape index (κ3) is 6.29. The van der Waals surface area contributed by atoms with E-state index in [1.165, 1.54) is 0 Å². The zero-order valence-corrected chi connectivity index (χ0v) is 20.3. The Kier molecular flexibility index (Phi) is 8.13. The molecule has 0 aliphatic rings. The lowest BCUT2D eigenvalue weighted by Gasteiger charge is -2.16. The molecule has 3 aromatic rings. The molecule has 0 saturated heterocycles. The van der Waals surface area contributed by atoms with Crippen LogP contribution in [0.3, 0.4) is 0 Å². The summed E-state index contributed by atoms with van der Waals surface area (Å²) in [5.74, 6) is 1.62. The van der Waals surface area contributed by atoms with Crippen molar-refractivity contribution in [1.82, 2.24) is 0 Å². The molecule has 0 unspecified atom stereocenters. The summed E-state index contributed by atoms with van der Waals surface area (Å²) in [7, 11) is 0. The molecule has 1 N–H and O–H groups in total. The second-order valence-corrected chi connectivity index (χ2v) is 8.82. The maximum absolute atomic E-state index is 6.27. The Labute approximate surface area is 197 Å². The second-order valence-electron chi connectivity index (χ2n) is 6.21. The average molecular weight is 560 g/mol. The molecule has 0 atom stereocenters. The lowest BCUT2D eigenvalue weighted by Crippen LogP contribution is -2.05. The van der Waals surface area contributed by atoms with E-state index in [9.17, 15) is 0 Å². The number of nitrogens with one attached hydrogen (secondary N) is 1. The fourth-order valence-corrected chi connectivity index (χ4v) is 4.62. The minimum atomic E-state index is 0.340. The van der Waals surface area contributed by atoms with Gasteiger partial charge in [-0.2, -0.15) is 0 Å². The monoisotopic (exact) mass is 557 g/mol. The van der Waals surface area contributed by atoms with Crippen molar-refractivity contribution in [2.45, 2.75) is 20.1 Å². The van der Waals surface area contributed by atoms with Gasteiger partial charge in [-0.05, 0) is 71.4 Å². The van der Waals surface area contributed by atoms with Crippen molar-refractivity contribution in [1.29, 1.82) is 0 Å². The molecule has 152 valence electrons. The van der Waals surface area contributed by atoms with Gasteiger partial charge in [0, 0.05) is 37.9 Å². The van der Waals surface area contributed by atoms with Gasteiger partial charge in [0.15, 0.2) is 0 Å². The first-order chi connectivity index (χ1) is 14.0. The van der Waals surface area contributed by atoms with Crippen LogP contribution in [0.1, 0.15) is 18.1 Å². The van der Waals surface area contributed by atoms with Crippen LogP contribution in [-0.4, -0.2) is 6.61 Å². The molecule has 0 heterocycles. The van der Waals surface area contributed by atoms with E-state index in [4.69, 9.17) is 32.7 Å². The smallest absolute Gasteiger partial charge is 0.139 e. The number of ether oxygens (including phenoxy) is 2. The Morgan fingerprint density at radius 2 is 1.66 bits per heavy atom. The predicted octanol–water partition coefficient (Wildman–Crippen LogP) is 8.11. The van der Waals surface area contributed by atoms with Gasteiger partial charge in [-0.1, -0.05) is 45.2 Å². The van der Waals surface area contributed by atoms with Crippen LogP contribution in [-0.2, 0) is 13.2 Å².